The van der Waals surface area contributed by atoms with Gasteiger partial charge in [-0.05, 0) is 30.7 Å². The minimum absolute atomic E-state index is 0.100. The molecule has 0 saturated heterocycles. The number of rotatable bonds is 3. The Bertz CT molecular complexity index is 589. The zero-order chi connectivity index (χ0) is 13.1. The van der Waals surface area contributed by atoms with E-state index in [1.165, 1.54) is 12.1 Å². The number of hydrogen-bond donors (Lipinski definition) is 1. The topological polar surface area (TPSA) is 48.0 Å². The van der Waals surface area contributed by atoms with E-state index in [9.17, 15) is 9.18 Å². The molecule has 4 heteroatoms. The highest BCUT2D eigenvalue weighted by Crippen LogP contribution is 2.16. The molecule has 1 unspecified atom stereocenters. The molecule has 0 fully saturated rings. The lowest BCUT2D eigenvalue weighted by Gasteiger charge is -2.13. The molecule has 0 radical (unpaired) electrons. The average Bonchev–Trinajstić information content (AvgIpc) is 2.39. The Kier molecular flexibility index (Phi) is 3.58. The summed E-state index contributed by atoms with van der Waals surface area (Å²) in [6.07, 6.45) is 1.73. The van der Waals surface area contributed by atoms with Gasteiger partial charge in [-0.25, -0.2) is 4.39 Å². The van der Waals surface area contributed by atoms with Crippen LogP contribution in [0.15, 0.2) is 47.4 Å². The van der Waals surface area contributed by atoms with Crippen molar-refractivity contribution >= 4 is 0 Å². The lowest BCUT2D eigenvalue weighted by atomic mass is 10.0. The quantitative estimate of drug-likeness (QED) is 0.901. The molecule has 0 aliphatic heterocycles. The fourth-order valence-electron chi connectivity index (χ4n) is 1.89. The van der Waals surface area contributed by atoms with Crippen LogP contribution in [0.4, 0.5) is 4.39 Å². The van der Waals surface area contributed by atoms with Gasteiger partial charge >= 0.3 is 0 Å². The summed E-state index contributed by atoms with van der Waals surface area (Å²) in [7, 11) is 0. The second kappa shape index (κ2) is 5.14. The standard InChI is InChI=1S/C14H15FN2O/c1-2-17-9-3-4-12(14(17)18)13(16)10-5-7-11(15)8-6-10/h3-9,13H,2,16H2,1H3. The smallest absolute Gasteiger partial charge is 0.255 e. The lowest BCUT2D eigenvalue weighted by molar-refractivity contribution is 0.626. The summed E-state index contributed by atoms with van der Waals surface area (Å²) < 4.78 is 14.4. The Morgan fingerprint density at radius 1 is 1.28 bits per heavy atom. The Hall–Kier alpha value is -1.94. The van der Waals surface area contributed by atoms with Crippen molar-refractivity contribution in [3.63, 3.8) is 0 Å². The molecule has 18 heavy (non-hydrogen) atoms. The summed E-state index contributed by atoms with van der Waals surface area (Å²) in [5, 5.41) is 0. The summed E-state index contributed by atoms with van der Waals surface area (Å²) in [6, 6.07) is 8.86. The van der Waals surface area contributed by atoms with Gasteiger partial charge < -0.3 is 10.3 Å². The van der Waals surface area contributed by atoms with Gasteiger partial charge in [0.15, 0.2) is 0 Å². The van der Waals surface area contributed by atoms with E-state index in [1.54, 1.807) is 35.0 Å². The molecule has 3 nitrogen and oxygen atoms in total. The van der Waals surface area contributed by atoms with Crippen LogP contribution >= 0.6 is 0 Å². The molecule has 1 atom stereocenters. The van der Waals surface area contributed by atoms with Gasteiger partial charge in [-0.1, -0.05) is 18.2 Å². The number of nitrogens with two attached hydrogens (primary N) is 1. The van der Waals surface area contributed by atoms with Crippen LogP contribution in [-0.2, 0) is 6.54 Å². The summed E-state index contributed by atoms with van der Waals surface area (Å²) in [6.45, 7) is 2.50. The first-order valence-electron chi connectivity index (χ1n) is 5.84. The monoisotopic (exact) mass is 246 g/mol. The van der Waals surface area contributed by atoms with Crippen molar-refractivity contribution < 1.29 is 4.39 Å². The zero-order valence-corrected chi connectivity index (χ0v) is 10.1. The second-order valence-electron chi connectivity index (χ2n) is 4.08. The Labute approximate surface area is 105 Å². The van der Waals surface area contributed by atoms with Crippen LogP contribution in [0.2, 0.25) is 0 Å². The first-order valence-corrected chi connectivity index (χ1v) is 5.84. The summed E-state index contributed by atoms with van der Waals surface area (Å²) in [5.74, 6) is -0.315. The van der Waals surface area contributed by atoms with Crippen LogP contribution in [0, 0.1) is 5.82 Å². The highest BCUT2D eigenvalue weighted by Gasteiger charge is 2.13. The van der Waals surface area contributed by atoms with E-state index in [4.69, 9.17) is 5.73 Å². The Balaban J connectivity index is 2.43. The number of pyridine rings is 1. The first-order chi connectivity index (χ1) is 8.63. The predicted octanol–water partition coefficient (Wildman–Crippen LogP) is 2.06. The third kappa shape index (κ3) is 2.33. The largest absolute Gasteiger partial charge is 0.320 e. The molecule has 0 amide bonds. The van der Waals surface area contributed by atoms with E-state index < -0.39 is 6.04 Å². The predicted molar refractivity (Wildman–Crippen MR) is 68.8 cm³/mol. The van der Waals surface area contributed by atoms with Crippen molar-refractivity contribution in [2.75, 3.05) is 0 Å². The molecule has 2 N–H and O–H groups in total. The van der Waals surface area contributed by atoms with E-state index in [-0.39, 0.29) is 11.4 Å². The number of halogens is 1. The van der Waals surface area contributed by atoms with E-state index in [0.29, 0.717) is 12.1 Å². The van der Waals surface area contributed by atoms with Crippen LogP contribution in [0.25, 0.3) is 0 Å². The van der Waals surface area contributed by atoms with Crippen LogP contribution in [0.1, 0.15) is 24.1 Å². The van der Waals surface area contributed by atoms with Crippen molar-refractivity contribution in [2.45, 2.75) is 19.5 Å². The van der Waals surface area contributed by atoms with Gasteiger partial charge in [0.2, 0.25) is 0 Å². The maximum atomic E-state index is 12.8. The summed E-state index contributed by atoms with van der Waals surface area (Å²) >= 11 is 0. The maximum absolute atomic E-state index is 12.8. The van der Waals surface area contributed by atoms with Gasteiger partial charge in [-0.15, -0.1) is 0 Å². The van der Waals surface area contributed by atoms with E-state index in [1.807, 2.05) is 6.92 Å². The van der Waals surface area contributed by atoms with Crippen LogP contribution in [0.5, 0.6) is 0 Å². The number of hydrogen-bond acceptors (Lipinski definition) is 2. The van der Waals surface area contributed by atoms with Crippen LogP contribution < -0.4 is 11.3 Å². The van der Waals surface area contributed by atoms with E-state index in [2.05, 4.69) is 0 Å². The fourth-order valence-corrected chi connectivity index (χ4v) is 1.89. The van der Waals surface area contributed by atoms with Gasteiger partial charge in [0.1, 0.15) is 5.82 Å². The van der Waals surface area contributed by atoms with Crippen molar-refractivity contribution in [1.82, 2.24) is 4.57 Å². The van der Waals surface area contributed by atoms with Crippen molar-refractivity contribution in [3.8, 4) is 0 Å². The van der Waals surface area contributed by atoms with Gasteiger partial charge in [0, 0.05) is 18.3 Å². The molecule has 2 rings (SSSR count). The molecule has 1 heterocycles. The minimum Gasteiger partial charge on any atom is -0.320 e. The average molecular weight is 246 g/mol. The molecule has 1 aromatic carbocycles. The number of aryl methyl sites for hydroxylation is 1. The molecule has 1 aromatic heterocycles. The number of aromatic nitrogens is 1. The summed E-state index contributed by atoms with van der Waals surface area (Å²) in [4.78, 5) is 12.1. The van der Waals surface area contributed by atoms with Gasteiger partial charge in [0.05, 0.1) is 6.04 Å². The third-order valence-corrected chi connectivity index (χ3v) is 2.95. The molecule has 0 saturated carbocycles. The SMILES string of the molecule is CCn1cccc(C(N)c2ccc(F)cc2)c1=O. The normalized spacial score (nSPS) is 12.4. The minimum atomic E-state index is -0.530. The second-order valence-corrected chi connectivity index (χ2v) is 4.08. The van der Waals surface area contributed by atoms with Gasteiger partial charge in [0.25, 0.3) is 5.56 Å². The summed E-state index contributed by atoms with van der Waals surface area (Å²) in [5.41, 5.74) is 7.20. The highest BCUT2D eigenvalue weighted by molar-refractivity contribution is 5.29. The van der Waals surface area contributed by atoms with E-state index in [0.717, 1.165) is 5.56 Å². The highest BCUT2D eigenvalue weighted by atomic mass is 19.1. The molecule has 0 aliphatic carbocycles. The lowest BCUT2D eigenvalue weighted by Crippen LogP contribution is -2.27. The molecular formula is C14H15FN2O. The fraction of sp³-hybridized carbons (Fsp3) is 0.214. The zero-order valence-electron chi connectivity index (χ0n) is 10.1. The molecule has 0 bridgehead atoms. The molecule has 0 aliphatic rings. The molecule has 2 aromatic rings. The van der Waals surface area contributed by atoms with Crippen molar-refractivity contribution in [2.24, 2.45) is 5.73 Å². The third-order valence-electron chi connectivity index (χ3n) is 2.95. The van der Waals surface area contributed by atoms with Crippen molar-refractivity contribution in [3.05, 3.63) is 69.9 Å². The van der Waals surface area contributed by atoms with E-state index >= 15 is 0 Å². The van der Waals surface area contributed by atoms with Crippen molar-refractivity contribution in [1.29, 1.82) is 0 Å². The first kappa shape index (κ1) is 12.5. The Morgan fingerprint density at radius 3 is 2.56 bits per heavy atom. The molecular weight excluding hydrogens is 231 g/mol. The molecule has 94 valence electrons. The number of nitrogens with zero attached hydrogens (tertiary/aromatic N) is 1. The van der Waals surface area contributed by atoms with Gasteiger partial charge in [-0.2, -0.15) is 0 Å². The van der Waals surface area contributed by atoms with Crippen LogP contribution in [-0.4, -0.2) is 4.57 Å². The van der Waals surface area contributed by atoms with Gasteiger partial charge in [-0.3, -0.25) is 4.79 Å². The number of benzene rings is 1. The maximum Gasteiger partial charge on any atom is 0.255 e. The Morgan fingerprint density at radius 2 is 1.94 bits per heavy atom. The van der Waals surface area contributed by atoms with Crippen LogP contribution in [0.3, 0.4) is 0 Å². The molecule has 0 spiro atoms.